The van der Waals surface area contributed by atoms with Gasteiger partial charge < -0.3 is 10.4 Å². The van der Waals surface area contributed by atoms with Crippen LogP contribution in [0.4, 0.5) is 5.82 Å². The lowest BCUT2D eigenvalue weighted by Gasteiger charge is -2.11. The van der Waals surface area contributed by atoms with Gasteiger partial charge in [-0.2, -0.15) is 0 Å². The lowest BCUT2D eigenvalue weighted by Crippen LogP contribution is -2.28. The highest BCUT2D eigenvalue weighted by atomic mass is 32.2. The van der Waals surface area contributed by atoms with E-state index in [0.717, 1.165) is 17.3 Å². The number of rotatable bonds is 6. The van der Waals surface area contributed by atoms with Crippen molar-refractivity contribution in [1.29, 1.82) is 0 Å². The summed E-state index contributed by atoms with van der Waals surface area (Å²) in [6.07, 6.45) is 4.80. The highest BCUT2D eigenvalue weighted by molar-refractivity contribution is 8.26. The van der Waals surface area contributed by atoms with Crippen LogP contribution >= 0.6 is 24.0 Å². The van der Waals surface area contributed by atoms with E-state index in [2.05, 4.69) is 16.9 Å². The number of pyridine rings is 1. The number of anilines is 1. The highest BCUT2D eigenvalue weighted by Crippen LogP contribution is 2.32. The van der Waals surface area contributed by atoms with Crippen molar-refractivity contribution in [3.05, 3.63) is 57.4 Å². The number of amides is 1. The molecule has 9 heteroatoms. The molecule has 1 aliphatic heterocycles. The van der Waals surface area contributed by atoms with Crippen molar-refractivity contribution < 1.29 is 9.90 Å². The van der Waals surface area contributed by atoms with Gasteiger partial charge in [0, 0.05) is 19.3 Å². The maximum absolute atomic E-state index is 13.0. The van der Waals surface area contributed by atoms with Crippen LogP contribution < -0.4 is 10.9 Å². The Morgan fingerprint density at radius 1 is 1.41 bits per heavy atom. The van der Waals surface area contributed by atoms with Crippen LogP contribution in [0.15, 0.2) is 40.7 Å². The first-order valence-electron chi connectivity index (χ1n) is 8.20. The molecule has 3 rings (SSSR count). The molecule has 0 bridgehead atoms. The number of aliphatic hydroxyl groups is 1. The van der Waals surface area contributed by atoms with E-state index in [0.29, 0.717) is 27.2 Å². The maximum Gasteiger partial charge on any atom is 0.267 e. The van der Waals surface area contributed by atoms with Gasteiger partial charge in [0.25, 0.3) is 11.5 Å². The molecule has 1 amide bonds. The van der Waals surface area contributed by atoms with Gasteiger partial charge in [-0.25, -0.2) is 4.98 Å². The quantitative estimate of drug-likeness (QED) is 0.433. The van der Waals surface area contributed by atoms with Crippen molar-refractivity contribution in [1.82, 2.24) is 14.3 Å². The van der Waals surface area contributed by atoms with Crippen LogP contribution in [0.3, 0.4) is 0 Å². The van der Waals surface area contributed by atoms with Crippen LogP contribution in [0.1, 0.15) is 11.1 Å². The molecular weight excluding hydrogens is 384 g/mol. The molecule has 2 N–H and O–H groups in total. The zero-order chi connectivity index (χ0) is 19.6. The molecule has 3 heterocycles. The molecule has 140 valence electrons. The topological polar surface area (TPSA) is 86.9 Å². The van der Waals surface area contributed by atoms with Gasteiger partial charge in [0.15, 0.2) is 0 Å². The van der Waals surface area contributed by atoms with Crippen LogP contribution in [0, 0.1) is 6.92 Å². The molecule has 1 fully saturated rings. The number of fused-ring (bicyclic) bond motifs is 1. The number of nitrogens with zero attached hydrogens (tertiary/aromatic N) is 3. The lowest BCUT2D eigenvalue weighted by atomic mass is 10.2. The van der Waals surface area contributed by atoms with Crippen LogP contribution in [0.2, 0.25) is 0 Å². The Bertz CT molecular complexity index is 1030. The van der Waals surface area contributed by atoms with Crippen LogP contribution in [0.5, 0.6) is 0 Å². The van der Waals surface area contributed by atoms with Crippen molar-refractivity contribution >= 4 is 51.7 Å². The normalized spacial score (nSPS) is 15.8. The summed E-state index contributed by atoms with van der Waals surface area (Å²) in [6, 6.07) is 3.60. The third kappa shape index (κ3) is 3.80. The number of hydrogen-bond donors (Lipinski definition) is 2. The number of aromatic nitrogens is 2. The van der Waals surface area contributed by atoms with E-state index in [4.69, 9.17) is 17.3 Å². The number of aliphatic hydroxyl groups excluding tert-OH is 1. The largest absolute Gasteiger partial charge is 0.395 e. The molecule has 0 atom stereocenters. The molecule has 0 unspecified atom stereocenters. The second-order valence-electron chi connectivity index (χ2n) is 5.85. The second kappa shape index (κ2) is 8.03. The zero-order valence-corrected chi connectivity index (χ0v) is 16.3. The predicted molar refractivity (Wildman–Crippen MR) is 112 cm³/mol. The summed E-state index contributed by atoms with van der Waals surface area (Å²) in [4.78, 5) is 31.9. The molecule has 0 radical (unpaired) electrons. The summed E-state index contributed by atoms with van der Waals surface area (Å²) < 4.78 is 1.86. The molecule has 1 aliphatic rings. The minimum absolute atomic E-state index is 0.115. The van der Waals surface area contributed by atoms with Gasteiger partial charge in [0.2, 0.25) is 0 Å². The van der Waals surface area contributed by atoms with Crippen LogP contribution in [0.25, 0.3) is 11.7 Å². The summed E-state index contributed by atoms with van der Waals surface area (Å²) in [5.74, 6) is 0.0404. The van der Waals surface area contributed by atoms with Gasteiger partial charge in [-0.15, -0.1) is 6.58 Å². The van der Waals surface area contributed by atoms with Gasteiger partial charge in [0.1, 0.15) is 15.8 Å². The number of carbonyl (C=O) groups is 1. The number of nitrogens with one attached hydrogen (secondary N) is 1. The van der Waals surface area contributed by atoms with E-state index in [1.165, 1.54) is 15.4 Å². The second-order valence-corrected chi connectivity index (χ2v) is 7.52. The van der Waals surface area contributed by atoms with Gasteiger partial charge in [-0.1, -0.05) is 36.1 Å². The molecule has 2 aromatic rings. The number of thiocarbonyl (C=S) groups is 1. The third-order valence-electron chi connectivity index (χ3n) is 3.87. The van der Waals surface area contributed by atoms with E-state index in [1.807, 2.05) is 13.0 Å². The SMILES string of the molecule is C=CCN1C(=O)C(=Cc2c(NCCO)nc3ccc(C)cn3c2=O)SC1=S. The molecule has 0 spiro atoms. The van der Waals surface area contributed by atoms with Crippen molar-refractivity contribution in [2.45, 2.75) is 6.92 Å². The van der Waals surface area contributed by atoms with Crippen molar-refractivity contribution in [3.63, 3.8) is 0 Å². The number of thioether (sulfide) groups is 1. The fraction of sp³-hybridized carbons (Fsp3) is 0.222. The summed E-state index contributed by atoms with van der Waals surface area (Å²) in [5, 5.41) is 12.1. The molecule has 1 saturated heterocycles. The van der Waals surface area contributed by atoms with E-state index < -0.39 is 0 Å². The van der Waals surface area contributed by atoms with E-state index in [1.54, 1.807) is 18.3 Å². The predicted octanol–water partition coefficient (Wildman–Crippen LogP) is 1.79. The Balaban J connectivity index is 2.15. The van der Waals surface area contributed by atoms with E-state index in [9.17, 15) is 9.59 Å². The molecule has 0 saturated carbocycles. The Morgan fingerprint density at radius 3 is 2.89 bits per heavy atom. The Morgan fingerprint density at radius 2 is 2.19 bits per heavy atom. The average Bonchev–Trinajstić information content (AvgIpc) is 2.91. The molecule has 27 heavy (non-hydrogen) atoms. The average molecular weight is 403 g/mol. The first-order valence-corrected chi connectivity index (χ1v) is 9.42. The fourth-order valence-corrected chi connectivity index (χ4v) is 3.87. The van der Waals surface area contributed by atoms with Gasteiger partial charge in [0.05, 0.1) is 17.1 Å². The van der Waals surface area contributed by atoms with Crippen LogP contribution in [-0.2, 0) is 4.79 Å². The summed E-state index contributed by atoms with van der Waals surface area (Å²) in [6.45, 7) is 5.93. The maximum atomic E-state index is 13.0. The fourth-order valence-electron chi connectivity index (χ4n) is 2.62. The number of carbonyl (C=O) groups excluding carboxylic acids is 1. The minimum atomic E-state index is -0.307. The molecule has 0 aromatic carbocycles. The summed E-state index contributed by atoms with van der Waals surface area (Å²) >= 11 is 6.37. The first kappa shape index (κ1) is 19.3. The first-order chi connectivity index (χ1) is 13.0. The molecule has 2 aromatic heterocycles. The smallest absolute Gasteiger partial charge is 0.267 e. The Kier molecular flexibility index (Phi) is 5.73. The molecule has 0 aliphatic carbocycles. The molecule has 7 nitrogen and oxygen atoms in total. The summed E-state index contributed by atoms with van der Waals surface area (Å²) in [5.41, 5.74) is 1.32. The molecular formula is C18H18N4O3S2. The van der Waals surface area contributed by atoms with Gasteiger partial charge in [-0.3, -0.25) is 18.9 Å². The van der Waals surface area contributed by atoms with Gasteiger partial charge >= 0.3 is 0 Å². The van der Waals surface area contributed by atoms with Crippen LogP contribution in [-0.4, -0.2) is 49.3 Å². The van der Waals surface area contributed by atoms with Crippen molar-refractivity contribution in [3.8, 4) is 0 Å². The van der Waals surface area contributed by atoms with Gasteiger partial charge in [-0.05, 0) is 24.6 Å². The van der Waals surface area contributed by atoms with E-state index >= 15 is 0 Å². The number of aryl methyl sites for hydroxylation is 1. The summed E-state index contributed by atoms with van der Waals surface area (Å²) in [7, 11) is 0. The third-order valence-corrected chi connectivity index (χ3v) is 5.25. The van der Waals surface area contributed by atoms with Crippen molar-refractivity contribution in [2.24, 2.45) is 0 Å². The Labute approximate surface area is 165 Å². The highest BCUT2D eigenvalue weighted by Gasteiger charge is 2.31. The monoisotopic (exact) mass is 402 g/mol. The van der Waals surface area contributed by atoms with E-state index in [-0.39, 0.29) is 30.2 Å². The Hall–Kier alpha value is -2.49. The van der Waals surface area contributed by atoms with Crippen molar-refractivity contribution in [2.75, 3.05) is 25.0 Å². The lowest BCUT2D eigenvalue weighted by molar-refractivity contribution is -0.121. The minimum Gasteiger partial charge on any atom is -0.395 e. The zero-order valence-electron chi connectivity index (χ0n) is 14.6. The number of hydrogen-bond acceptors (Lipinski definition) is 7. The standard InChI is InChI=1S/C18H18N4O3S2/c1-3-7-21-17(25)13(27-18(21)26)9-12-15(19-6-8-23)20-14-5-4-11(2)10-22(14)16(12)24/h3-5,9-10,19,23H,1,6-8H2,2H3.